The average molecular weight is 291 g/mol. The molecule has 0 aliphatic rings. The van der Waals surface area contributed by atoms with Crippen LogP contribution in [0.5, 0.6) is 5.75 Å². The van der Waals surface area contributed by atoms with E-state index in [1.54, 1.807) is 6.07 Å². The van der Waals surface area contributed by atoms with Crippen molar-refractivity contribution in [1.29, 1.82) is 0 Å². The fourth-order valence-electron chi connectivity index (χ4n) is 2.09. The van der Waals surface area contributed by atoms with Gasteiger partial charge in [-0.2, -0.15) is 0 Å². The number of rotatable bonds is 6. The third kappa shape index (κ3) is 4.26. The summed E-state index contributed by atoms with van der Waals surface area (Å²) < 4.78 is 31.7. The summed E-state index contributed by atoms with van der Waals surface area (Å²) in [5.41, 5.74) is 7.72. The highest BCUT2D eigenvalue weighted by atomic mass is 19.2. The van der Waals surface area contributed by atoms with E-state index in [1.807, 2.05) is 31.2 Å². The first-order chi connectivity index (χ1) is 10.1. The molecule has 0 aliphatic carbocycles. The summed E-state index contributed by atoms with van der Waals surface area (Å²) in [6, 6.07) is 11.1. The fraction of sp³-hybridized carbons (Fsp3) is 0.294. The van der Waals surface area contributed by atoms with E-state index in [1.165, 1.54) is 6.07 Å². The zero-order valence-corrected chi connectivity index (χ0v) is 12.0. The highest BCUT2D eigenvalue weighted by molar-refractivity contribution is 5.32. The molecule has 0 bridgehead atoms. The minimum atomic E-state index is -0.847. The van der Waals surface area contributed by atoms with E-state index in [0.717, 1.165) is 23.8 Å². The lowest BCUT2D eigenvalue weighted by atomic mass is 9.99. The van der Waals surface area contributed by atoms with Crippen molar-refractivity contribution >= 4 is 0 Å². The van der Waals surface area contributed by atoms with Crippen LogP contribution >= 0.6 is 0 Å². The molecule has 2 N–H and O–H groups in total. The van der Waals surface area contributed by atoms with E-state index < -0.39 is 11.6 Å². The van der Waals surface area contributed by atoms with E-state index in [9.17, 15) is 8.78 Å². The predicted molar refractivity (Wildman–Crippen MR) is 79.2 cm³/mol. The van der Waals surface area contributed by atoms with Crippen molar-refractivity contribution in [3.05, 3.63) is 65.2 Å². The van der Waals surface area contributed by atoms with Crippen molar-refractivity contribution in [2.75, 3.05) is 6.61 Å². The van der Waals surface area contributed by atoms with Crippen LogP contribution in [-0.2, 0) is 6.42 Å². The largest absolute Gasteiger partial charge is 0.494 e. The lowest BCUT2D eigenvalue weighted by Gasteiger charge is -2.14. The number of ether oxygens (including phenoxy) is 1. The van der Waals surface area contributed by atoms with Crippen molar-refractivity contribution in [1.82, 2.24) is 0 Å². The lowest BCUT2D eigenvalue weighted by Crippen LogP contribution is -2.13. The van der Waals surface area contributed by atoms with Gasteiger partial charge in [-0.25, -0.2) is 8.78 Å². The summed E-state index contributed by atoms with van der Waals surface area (Å²) in [7, 11) is 0. The highest BCUT2D eigenvalue weighted by Crippen LogP contribution is 2.21. The monoisotopic (exact) mass is 291 g/mol. The Morgan fingerprint density at radius 1 is 1.10 bits per heavy atom. The average Bonchev–Trinajstić information content (AvgIpc) is 2.49. The molecule has 0 saturated heterocycles. The van der Waals surface area contributed by atoms with E-state index in [2.05, 4.69) is 0 Å². The van der Waals surface area contributed by atoms with Crippen LogP contribution in [0.3, 0.4) is 0 Å². The van der Waals surface area contributed by atoms with E-state index in [-0.39, 0.29) is 6.04 Å². The molecule has 0 heterocycles. The summed E-state index contributed by atoms with van der Waals surface area (Å²) in [6.45, 7) is 2.69. The van der Waals surface area contributed by atoms with Crippen molar-refractivity contribution in [3.63, 3.8) is 0 Å². The minimum absolute atomic E-state index is 0.292. The van der Waals surface area contributed by atoms with Crippen LogP contribution in [0, 0.1) is 11.6 Å². The Morgan fingerprint density at radius 3 is 2.62 bits per heavy atom. The van der Waals surface area contributed by atoms with Gasteiger partial charge in [-0.05, 0) is 48.2 Å². The van der Waals surface area contributed by atoms with Gasteiger partial charge in [-0.3, -0.25) is 0 Å². The van der Waals surface area contributed by atoms with E-state index >= 15 is 0 Å². The van der Waals surface area contributed by atoms with Crippen molar-refractivity contribution < 1.29 is 13.5 Å². The molecule has 21 heavy (non-hydrogen) atoms. The Labute approximate surface area is 123 Å². The van der Waals surface area contributed by atoms with Gasteiger partial charge in [0, 0.05) is 6.04 Å². The first-order valence-electron chi connectivity index (χ1n) is 7.02. The van der Waals surface area contributed by atoms with Gasteiger partial charge in [0.25, 0.3) is 0 Å². The molecule has 1 unspecified atom stereocenters. The summed E-state index contributed by atoms with van der Waals surface area (Å²) in [6.07, 6.45) is 1.37. The number of halogens is 2. The van der Waals surface area contributed by atoms with Crippen LogP contribution in [0.1, 0.15) is 30.5 Å². The van der Waals surface area contributed by atoms with Crippen molar-refractivity contribution in [3.8, 4) is 5.75 Å². The van der Waals surface area contributed by atoms with Crippen molar-refractivity contribution in [2.24, 2.45) is 5.73 Å². The van der Waals surface area contributed by atoms with Gasteiger partial charge >= 0.3 is 0 Å². The van der Waals surface area contributed by atoms with Crippen molar-refractivity contribution in [2.45, 2.75) is 25.8 Å². The van der Waals surface area contributed by atoms with Gasteiger partial charge in [0.1, 0.15) is 5.75 Å². The Hall–Kier alpha value is -1.94. The molecular weight excluding hydrogens is 272 g/mol. The van der Waals surface area contributed by atoms with Crippen LogP contribution in [-0.4, -0.2) is 6.61 Å². The number of benzene rings is 2. The van der Waals surface area contributed by atoms with E-state index in [4.69, 9.17) is 10.5 Å². The van der Waals surface area contributed by atoms with Gasteiger partial charge in [-0.1, -0.05) is 25.1 Å². The maximum Gasteiger partial charge on any atom is 0.159 e. The number of nitrogens with two attached hydrogens (primary N) is 1. The zero-order valence-electron chi connectivity index (χ0n) is 12.0. The summed E-state index contributed by atoms with van der Waals surface area (Å²) >= 11 is 0. The topological polar surface area (TPSA) is 35.2 Å². The molecule has 2 rings (SSSR count). The Balaban J connectivity index is 2.08. The zero-order chi connectivity index (χ0) is 15.2. The normalized spacial score (nSPS) is 12.2. The second-order valence-corrected chi connectivity index (χ2v) is 4.98. The van der Waals surface area contributed by atoms with Crippen LogP contribution in [0.25, 0.3) is 0 Å². The predicted octanol–water partition coefficient (Wildman–Crippen LogP) is 4.00. The Kier molecular flexibility index (Phi) is 5.28. The fourth-order valence-corrected chi connectivity index (χ4v) is 2.09. The van der Waals surface area contributed by atoms with Crippen LogP contribution in [0.2, 0.25) is 0 Å². The molecule has 2 nitrogen and oxygen atoms in total. The molecule has 0 saturated carbocycles. The van der Waals surface area contributed by atoms with Crippen LogP contribution in [0.15, 0.2) is 42.5 Å². The lowest BCUT2D eigenvalue weighted by molar-refractivity contribution is 0.317. The quantitative estimate of drug-likeness (QED) is 0.873. The molecule has 0 spiro atoms. The molecule has 1 atom stereocenters. The first kappa shape index (κ1) is 15.4. The van der Waals surface area contributed by atoms with Gasteiger partial charge < -0.3 is 10.5 Å². The van der Waals surface area contributed by atoms with E-state index in [0.29, 0.717) is 18.6 Å². The molecule has 0 amide bonds. The van der Waals surface area contributed by atoms with Crippen LogP contribution < -0.4 is 10.5 Å². The molecular formula is C17H19F2NO. The third-order valence-corrected chi connectivity index (χ3v) is 3.20. The maximum absolute atomic E-state index is 13.2. The highest BCUT2D eigenvalue weighted by Gasteiger charge is 2.10. The number of hydrogen-bond acceptors (Lipinski definition) is 2. The van der Waals surface area contributed by atoms with Crippen LogP contribution in [0.4, 0.5) is 8.78 Å². The molecule has 0 radical (unpaired) electrons. The summed E-state index contributed by atoms with van der Waals surface area (Å²) in [5, 5.41) is 0. The van der Waals surface area contributed by atoms with Gasteiger partial charge in [-0.15, -0.1) is 0 Å². The maximum atomic E-state index is 13.2. The SMILES string of the molecule is CCCOc1cccc(C(N)Cc2ccc(F)c(F)c2)c1. The van der Waals surface area contributed by atoms with Gasteiger partial charge in [0.2, 0.25) is 0 Å². The third-order valence-electron chi connectivity index (χ3n) is 3.20. The van der Waals surface area contributed by atoms with Gasteiger partial charge in [0.15, 0.2) is 11.6 Å². The number of hydrogen-bond donors (Lipinski definition) is 1. The first-order valence-corrected chi connectivity index (χ1v) is 7.02. The van der Waals surface area contributed by atoms with Gasteiger partial charge in [0.05, 0.1) is 6.61 Å². The minimum Gasteiger partial charge on any atom is -0.494 e. The Bertz CT molecular complexity index is 601. The second kappa shape index (κ2) is 7.18. The summed E-state index contributed by atoms with van der Waals surface area (Å²) in [5.74, 6) is -0.919. The smallest absolute Gasteiger partial charge is 0.159 e. The molecule has 4 heteroatoms. The molecule has 0 aromatic heterocycles. The molecule has 2 aromatic carbocycles. The standard InChI is InChI=1S/C17H19F2NO/c1-2-8-21-14-5-3-4-13(11-14)17(20)10-12-6-7-15(18)16(19)9-12/h3-7,9,11,17H,2,8,10,20H2,1H3. The summed E-state index contributed by atoms with van der Waals surface area (Å²) in [4.78, 5) is 0. The Morgan fingerprint density at radius 2 is 1.90 bits per heavy atom. The second-order valence-electron chi connectivity index (χ2n) is 4.98. The molecule has 0 fully saturated rings. The molecule has 112 valence electrons. The molecule has 0 aliphatic heterocycles. The molecule has 2 aromatic rings.